The van der Waals surface area contributed by atoms with Gasteiger partial charge in [-0.15, -0.1) is 0 Å². The highest BCUT2D eigenvalue weighted by Gasteiger charge is 2.38. The zero-order chi connectivity index (χ0) is 19.6. The molecule has 0 aliphatic carbocycles. The van der Waals surface area contributed by atoms with Crippen LogP contribution in [0.25, 0.3) is 6.08 Å². The summed E-state index contributed by atoms with van der Waals surface area (Å²) >= 11 is 18.6. The van der Waals surface area contributed by atoms with E-state index in [2.05, 4.69) is 0 Å². The van der Waals surface area contributed by atoms with E-state index in [1.807, 2.05) is 6.07 Å². The van der Waals surface area contributed by atoms with Gasteiger partial charge in [-0.25, -0.2) is 0 Å². The quantitative estimate of drug-likeness (QED) is 0.500. The molecule has 1 amide bonds. The van der Waals surface area contributed by atoms with E-state index in [-0.39, 0.29) is 12.3 Å². The Balaban J connectivity index is 1.96. The Morgan fingerprint density at radius 1 is 1.22 bits per heavy atom. The summed E-state index contributed by atoms with van der Waals surface area (Å²) in [6.45, 7) is 0. The lowest BCUT2D eigenvalue weighted by molar-refractivity contribution is -0.138. The van der Waals surface area contributed by atoms with Crippen molar-refractivity contribution in [2.45, 2.75) is 12.5 Å². The lowest BCUT2D eigenvalue weighted by Crippen LogP contribution is -2.34. The summed E-state index contributed by atoms with van der Waals surface area (Å²) in [5, 5.41) is 10.2. The summed E-state index contributed by atoms with van der Waals surface area (Å²) in [5.74, 6) is -1.35. The van der Waals surface area contributed by atoms with E-state index in [0.717, 1.165) is 11.8 Å². The second-order valence-corrected chi connectivity index (χ2v) is 8.26. The molecule has 0 bridgehead atoms. The fourth-order valence-electron chi connectivity index (χ4n) is 2.71. The number of hydrogen-bond acceptors (Lipinski definition) is 4. The molecule has 1 unspecified atom stereocenters. The van der Waals surface area contributed by atoms with Crippen LogP contribution in [0.3, 0.4) is 0 Å². The van der Waals surface area contributed by atoms with Gasteiger partial charge >= 0.3 is 5.97 Å². The molecule has 27 heavy (non-hydrogen) atoms. The van der Waals surface area contributed by atoms with Gasteiger partial charge < -0.3 is 5.11 Å². The molecule has 2 aromatic rings. The van der Waals surface area contributed by atoms with Gasteiger partial charge in [-0.3, -0.25) is 14.5 Å². The van der Waals surface area contributed by atoms with Gasteiger partial charge in [0.1, 0.15) is 4.32 Å². The molecule has 2 aromatic carbocycles. The average Bonchev–Trinajstić information content (AvgIpc) is 2.89. The predicted octanol–water partition coefficient (Wildman–Crippen LogP) is 5.41. The molecule has 0 spiro atoms. The van der Waals surface area contributed by atoms with Crippen LogP contribution >= 0.6 is 47.2 Å². The first-order valence-electron chi connectivity index (χ1n) is 7.85. The molecule has 1 aliphatic heterocycles. The average molecular weight is 438 g/mol. The summed E-state index contributed by atoms with van der Waals surface area (Å²) in [7, 11) is 0. The second-order valence-electron chi connectivity index (χ2n) is 5.74. The molecule has 8 heteroatoms. The zero-order valence-corrected chi connectivity index (χ0v) is 16.9. The maximum atomic E-state index is 13.0. The molecule has 1 heterocycles. The number of aliphatic carboxylic acids is 1. The first-order valence-corrected chi connectivity index (χ1v) is 9.83. The fourth-order valence-corrected chi connectivity index (χ4v) is 4.52. The third kappa shape index (κ3) is 4.52. The van der Waals surface area contributed by atoms with Crippen molar-refractivity contribution < 1.29 is 14.7 Å². The van der Waals surface area contributed by atoms with E-state index < -0.39 is 12.0 Å². The minimum Gasteiger partial charge on any atom is -0.481 e. The van der Waals surface area contributed by atoms with Gasteiger partial charge in [-0.2, -0.15) is 0 Å². The Labute approximate surface area is 175 Å². The van der Waals surface area contributed by atoms with E-state index >= 15 is 0 Å². The lowest BCUT2D eigenvalue weighted by Gasteiger charge is -2.26. The van der Waals surface area contributed by atoms with Gasteiger partial charge in [0.15, 0.2) is 0 Å². The number of carboxylic acids is 1. The maximum Gasteiger partial charge on any atom is 0.305 e. The highest BCUT2D eigenvalue weighted by molar-refractivity contribution is 8.26. The second kappa shape index (κ2) is 8.44. The minimum absolute atomic E-state index is 0.245. The number of halogens is 2. The Morgan fingerprint density at radius 3 is 2.56 bits per heavy atom. The van der Waals surface area contributed by atoms with Crippen molar-refractivity contribution in [3.05, 3.63) is 74.6 Å². The molecule has 4 nitrogen and oxygen atoms in total. The van der Waals surface area contributed by atoms with Crippen LogP contribution in [0.5, 0.6) is 0 Å². The van der Waals surface area contributed by atoms with Gasteiger partial charge in [0.05, 0.1) is 17.4 Å². The van der Waals surface area contributed by atoms with Crippen molar-refractivity contribution in [1.82, 2.24) is 4.90 Å². The normalized spacial score (nSPS) is 16.8. The SMILES string of the molecule is O=C(O)CC(c1ccccc1)N1C(=O)/C(=C/c2ccc(Cl)cc2Cl)SC1=S. The summed E-state index contributed by atoms with van der Waals surface area (Å²) < 4.78 is 0.312. The van der Waals surface area contributed by atoms with Gasteiger partial charge in [-0.05, 0) is 29.3 Å². The Kier molecular flexibility index (Phi) is 6.22. The molecule has 1 atom stereocenters. The van der Waals surface area contributed by atoms with Crippen LogP contribution in [-0.2, 0) is 9.59 Å². The van der Waals surface area contributed by atoms with Gasteiger partial charge in [0, 0.05) is 10.0 Å². The van der Waals surface area contributed by atoms with Crippen molar-refractivity contribution in [3.8, 4) is 0 Å². The Morgan fingerprint density at radius 2 is 1.93 bits per heavy atom. The van der Waals surface area contributed by atoms with Crippen molar-refractivity contribution >= 4 is 69.5 Å². The highest BCUT2D eigenvalue weighted by Crippen LogP contribution is 2.40. The molecular weight excluding hydrogens is 425 g/mol. The molecule has 0 radical (unpaired) electrons. The van der Waals surface area contributed by atoms with Crippen LogP contribution in [0.1, 0.15) is 23.6 Å². The maximum absolute atomic E-state index is 13.0. The van der Waals surface area contributed by atoms with E-state index in [4.69, 9.17) is 35.4 Å². The number of rotatable bonds is 5. The van der Waals surface area contributed by atoms with Crippen molar-refractivity contribution in [2.75, 3.05) is 0 Å². The highest BCUT2D eigenvalue weighted by atomic mass is 35.5. The predicted molar refractivity (Wildman–Crippen MR) is 113 cm³/mol. The number of carbonyl (C=O) groups is 2. The van der Waals surface area contributed by atoms with Crippen LogP contribution in [0.2, 0.25) is 10.0 Å². The third-order valence-electron chi connectivity index (χ3n) is 3.94. The molecular formula is C19H13Cl2NO3S2. The van der Waals surface area contributed by atoms with Crippen LogP contribution in [0.15, 0.2) is 53.4 Å². The smallest absolute Gasteiger partial charge is 0.305 e. The molecule has 0 aromatic heterocycles. The number of benzene rings is 2. The minimum atomic E-state index is -1.01. The first-order chi connectivity index (χ1) is 12.9. The number of carboxylic acid groups (broad SMARTS) is 1. The summed E-state index contributed by atoms with van der Waals surface area (Å²) in [6.07, 6.45) is 1.40. The number of thiocarbonyl (C=S) groups is 1. The van der Waals surface area contributed by atoms with Crippen molar-refractivity contribution in [1.29, 1.82) is 0 Å². The van der Waals surface area contributed by atoms with Crippen LogP contribution in [-0.4, -0.2) is 26.2 Å². The Bertz CT molecular complexity index is 947. The van der Waals surface area contributed by atoms with E-state index in [0.29, 0.717) is 30.4 Å². The van der Waals surface area contributed by atoms with Crippen LogP contribution in [0.4, 0.5) is 0 Å². The van der Waals surface area contributed by atoms with Gasteiger partial charge in [0.25, 0.3) is 5.91 Å². The molecule has 3 rings (SSSR count). The lowest BCUT2D eigenvalue weighted by atomic mass is 10.0. The largest absolute Gasteiger partial charge is 0.481 e. The number of carbonyl (C=O) groups excluding carboxylic acids is 1. The number of amides is 1. The van der Waals surface area contributed by atoms with Crippen molar-refractivity contribution in [2.24, 2.45) is 0 Å². The molecule has 1 N–H and O–H groups in total. The topological polar surface area (TPSA) is 57.6 Å². The molecule has 1 fully saturated rings. The monoisotopic (exact) mass is 437 g/mol. The summed E-state index contributed by atoms with van der Waals surface area (Å²) in [5.41, 5.74) is 1.35. The van der Waals surface area contributed by atoms with Crippen LogP contribution < -0.4 is 0 Å². The third-order valence-corrected chi connectivity index (χ3v) is 5.83. The summed E-state index contributed by atoms with van der Waals surface area (Å²) in [6, 6.07) is 13.3. The Hall–Kier alpha value is -1.86. The number of nitrogens with zero attached hydrogens (tertiary/aromatic N) is 1. The zero-order valence-electron chi connectivity index (χ0n) is 13.8. The summed E-state index contributed by atoms with van der Waals surface area (Å²) in [4.78, 5) is 26.1. The van der Waals surface area contributed by atoms with E-state index in [1.54, 1.807) is 48.5 Å². The molecule has 138 valence electrons. The number of thioether (sulfide) groups is 1. The standard InChI is InChI=1S/C19H13Cl2NO3S2/c20-13-7-6-12(14(21)9-13)8-16-18(25)22(19(26)27-16)15(10-17(23)24)11-4-2-1-3-5-11/h1-9,15H,10H2,(H,23,24)/b16-8-. The molecule has 1 saturated heterocycles. The molecule has 0 saturated carbocycles. The van der Waals surface area contributed by atoms with Gasteiger partial charge in [-0.1, -0.05) is 83.6 Å². The van der Waals surface area contributed by atoms with Crippen molar-refractivity contribution in [3.63, 3.8) is 0 Å². The van der Waals surface area contributed by atoms with E-state index in [9.17, 15) is 14.7 Å². The van der Waals surface area contributed by atoms with Gasteiger partial charge in [0.2, 0.25) is 0 Å². The molecule has 1 aliphatic rings. The van der Waals surface area contributed by atoms with E-state index in [1.165, 1.54) is 4.90 Å². The first kappa shape index (κ1) is 19.9. The van der Waals surface area contributed by atoms with Crippen LogP contribution in [0, 0.1) is 0 Å². The number of hydrogen-bond donors (Lipinski definition) is 1. The fraction of sp³-hybridized carbons (Fsp3) is 0.105.